The normalized spacial score (nSPS) is 18.6. The predicted octanol–water partition coefficient (Wildman–Crippen LogP) is 3.69. The van der Waals surface area contributed by atoms with Crippen LogP contribution in [0.5, 0.6) is 0 Å². The topological polar surface area (TPSA) is 61.4 Å². The number of likely N-dealkylation sites (N-methyl/N-ethyl adjacent to an activating group) is 1. The van der Waals surface area contributed by atoms with Crippen LogP contribution in [0.3, 0.4) is 0 Å². The highest BCUT2D eigenvalue weighted by molar-refractivity contribution is 8.18. The van der Waals surface area contributed by atoms with E-state index in [0.29, 0.717) is 27.5 Å². The van der Waals surface area contributed by atoms with Gasteiger partial charge in [0.25, 0.3) is 5.91 Å². The third-order valence-electron chi connectivity index (χ3n) is 3.07. The highest BCUT2D eigenvalue weighted by atomic mass is 35.5. The molecule has 0 saturated carbocycles. The molecule has 0 bridgehead atoms. The Bertz CT molecular complexity index is 755. The van der Waals surface area contributed by atoms with Crippen molar-refractivity contribution in [1.82, 2.24) is 14.9 Å². The Balaban J connectivity index is 1.95. The molecule has 2 aromatic rings. The van der Waals surface area contributed by atoms with Crippen molar-refractivity contribution in [1.29, 1.82) is 0 Å². The third kappa shape index (κ3) is 2.93. The molecule has 5 nitrogen and oxygen atoms in total. The number of nitrogens with one attached hydrogen (secondary N) is 1. The first-order valence-corrected chi connectivity index (χ1v) is 7.92. The number of carbonyl (C=O) groups excluding carboxylic acids is 1. The van der Waals surface area contributed by atoms with Gasteiger partial charge in [0.1, 0.15) is 5.69 Å². The van der Waals surface area contributed by atoms with Crippen molar-refractivity contribution in [3.8, 4) is 0 Å². The average Bonchev–Trinajstić information content (AvgIpc) is 3.11. The number of aromatic nitrogens is 2. The summed E-state index contributed by atoms with van der Waals surface area (Å²) < 4.78 is 0. The number of H-pyrrole nitrogens is 1. The summed E-state index contributed by atoms with van der Waals surface area (Å²) in [6, 6.07) is 7.33. The maximum absolute atomic E-state index is 12.4. The largest absolute Gasteiger partial charge is 0.362 e. The fourth-order valence-electron chi connectivity index (χ4n) is 2.01. The van der Waals surface area contributed by atoms with E-state index < -0.39 is 0 Å². The molecule has 0 aliphatic carbocycles. The summed E-state index contributed by atoms with van der Waals surface area (Å²) in [5.41, 5.74) is 1.44. The van der Waals surface area contributed by atoms with Crippen LogP contribution >= 0.6 is 23.4 Å². The molecule has 1 aliphatic rings. The van der Waals surface area contributed by atoms with Gasteiger partial charge in [0.2, 0.25) is 0 Å². The lowest BCUT2D eigenvalue weighted by Gasteiger charge is -2.12. The maximum Gasteiger partial charge on any atom is 0.266 e. The Labute approximate surface area is 137 Å². The van der Waals surface area contributed by atoms with E-state index in [0.717, 1.165) is 5.69 Å². The molecule has 0 radical (unpaired) electrons. The van der Waals surface area contributed by atoms with Gasteiger partial charge in [-0.2, -0.15) is 0 Å². The second-order valence-electron chi connectivity index (χ2n) is 4.49. The predicted molar refractivity (Wildman–Crippen MR) is 90.1 cm³/mol. The van der Waals surface area contributed by atoms with Gasteiger partial charge in [0.15, 0.2) is 10.3 Å². The van der Waals surface area contributed by atoms with E-state index in [9.17, 15) is 4.79 Å². The van der Waals surface area contributed by atoms with Crippen LogP contribution in [0.1, 0.15) is 12.6 Å². The molecule has 22 heavy (non-hydrogen) atoms. The fraction of sp³-hybridized carbons (Fsp3) is 0.133. The zero-order chi connectivity index (χ0) is 15.5. The lowest BCUT2D eigenvalue weighted by molar-refractivity contribution is -0.122. The van der Waals surface area contributed by atoms with Crippen molar-refractivity contribution in [2.45, 2.75) is 6.92 Å². The van der Waals surface area contributed by atoms with Crippen molar-refractivity contribution >= 4 is 46.2 Å². The summed E-state index contributed by atoms with van der Waals surface area (Å²) in [7, 11) is 0. The molecule has 0 spiro atoms. The van der Waals surface area contributed by atoms with Gasteiger partial charge in [-0.15, -0.1) is 0 Å². The van der Waals surface area contributed by atoms with Crippen LogP contribution in [0, 0.1) is 0 Å². The van der Waals surface area contributed by atoms with Gasteiger partial charge >= 0.3 is 0 Å². The van der Waals surface area contributed by atoms with Crippen molar-refractivity contribution < 1.29 is 4.79 Å². The number of hydrogen-bond acceptors (Lipinski definition) is 4. The van der Waals surface area contributed by atoms with Gasteiger partial charge in [-0.3, -0.25) is 9.69 Å². The summed E-state index contributed by atoms with van der Waals surface area (Å²) >= 11 is 7.37. The zero-order valence-corrected chi connectivity index (χ0v) is 13.4. The van der Waals surface area contributed by atoms with Gasteiger partial charge in [-0.1, -0.05) is 11.6 Å². The molecule has 3 heterocycles. The molecule has 112 valence electrons. The third-order valence-corrected chi connectivity index (χ3v) is 4.37. The minimum Gasteiger partial charge on any atom is -0.362 e. The van der Waals surface area contributed by atoms with E-state index in [1.54, 1.807) is 23.2 Å². The molecule has 1 amide bonds. The lowest BCUT2D eigenvalue weighted by atomic mass is 10.3. The number of amides is 1. The average molecular weight is 333 g/mol. The van der Waals surface area contributed by atoms with Crippen LogP contribution in [-0.2, 0) is 4.79 Å². The standard InChI is InChI=1S/C15H13ClN4OS/c1-2-20-14(21)12(9-10-5-3-7-17-10)22-15(20)19-11-6-4-8-18-13(11)16/h3-9,17H,2H2,1H3/b12-9+,19-15?. The number of halogens is 1. The summed E-state index contributed by atoms with van der Waals surface area (Å²) in [6.45, 7) is 2.46. The van der Waals surface area contributed by atoms with Crippen LogP contribution in [0.4, 0.5) is 5.69 Å². The van der Waals surface area contributed by atoms with Crippen LogP contribution in [0.2, 0.25) is 5.15 Å². The Morgan fingerprint density at radius 3 is 3.00 bits per heavy atom. The highest BCUT2D eigenvalue weighted by Gasteiger charge is 2.32. The van der Waals surface area contributed by atoms with Crippen molar-refractivity contribution in [2.75, 3.05) is 6.54 Å². The first kappa shape index (κ1) is 14.9. The molecule has 1 fully saturated rings. The number of aromatic amines is 1. The molecule has 1 saturated heterocycles. The minimum absolute atomic E-state index is 0.0548. The molecule has 0 unspecified atom stereocenters. The van der Waals surface area contributed by atoms with Crippen molar-refractivity contribution in [3.05, 3.63) is 52.4 Å². The number of hydrogen-bond donors (Lipinski definition) is 1. The van der Waals surface area contributed by atoms with Crippen LogP contribution in [0.25, 0.3) is 6.08 Å². The summed E-state index contributed by atoms with van der Waals surface area (Å²) in [6.07, 6.45) is 5.24. The molecule has 2 aromatic heterocycles. The van der Waals surface area contributed by atoms with Gasteiger partial charge in [0.05, 0.1) is 4.91 Å². The molecule has 0 aromatic carbocycles. The van der Waals surface area contributed by atoms with E-state index in [1.165, 1.54) is 11.8 Å². The Morgan fingerprint density at radius 2 is 2.32 bits per heavy atom. The van der Waals surface area contributed by atoms with Crippen LogP contribution < -0.4 is 0 Å². The number of nitrogens with zero attached hydrogens (tertiary/aromatic N) is 3. The van der Waals surface area contributed by atoms with Crippen LogP contribution in [0.15, 0.2) is 46.6 Å². The second kappa shape index (κ2) is 6.37. The molecule has 1 aliphatic heterocycles. The molecular weight excluding hydrogens is 320 g/mol. The fourth-order valence-corrected chi connectivity index (χ4v) is 3.22. The molecule has 3 rings (SSSR count). The first-order valence-electron chi connectivity index (χ1n) is 6.73. The Hall–Kier alpha value is -2.05. The first-order chi connectivity index (χ1) is 10.7. The number of amidine groups is 1. The smallest absolute Gasteiger partial charge is 0.266 e. The number of pyridine rings is 1. The minimum atomic E-state index is -0.0548. The van der Waals surface area contributed by atoms with Gasteiger partial charge in [-0.05, 0) is 49.0 Å². The van der Waals surface area contributed by atoms with Crippen molar-refractivity contribution in [3.63, 3.8) is 0 Å². The number of aliphatic imine (C=N–C) groups is 1. The lowest BCUT2D eigenvalue weighted by Crippen LogP contribution is -2.28. The summed E-state index contributed by atoms with van der Waals surface area (Å²) in [5, 5.41) is 0.932. The monoisotopic (exact) mass is 332 g/mol. The Kier molecular flexibility index (Phi) is 4.31. The van der Waals surface area contributed by atoms with E-state index in [2.05, 4.69) is 15.0 Å². The second-order valence-corrected chi connectivity index (χ2v) is 5.86. The van der Waals surface area contributed by atoms with Gasteiger partial charge in [-0.25, -0.2) is 9.98 Å². The van der Waals surface area contributed by atoms with Gasteiger partial charge in [0, 0.05) is 24.6 Å². The van der Waals surface area contributed by atoms with Gasteiger partial charge < -0.3 is 4.98 Å². The van der Waals surface area contributed by atoms with E-state index in [4.69, 9.17) is 11.6 Å². The van der Waals surface area contributed by atoms with E-state index in [-0.39, 0.29) is 5.91 Å². The molecule has 7 heteroatoms. The van der Waals surface area contributed by atoms with Crippen molar-refractivity contribution in [2.24, 2.45) is 4.99 Å². The number of rotatable bonds is 3. The zero-order valence-electron chi connectivity index (χ0n) is 11.8. The van der Waals surface area contributed by atoms with E-state index in [1.807, 2.05) is 31.3 Å². The SMILES string of the molecule is CCN1C(=O)/C(=C\c2ccc[nH]2)SC1=Nc1cccnc1Cl. The summed E-state index contributed by atoms with van der Waals surface area (Å²) in [5.74, 6) is -0.0548. The highest BCUT2D eigenvalue weighted by Crippen LogP contribution is 2.34. The Morgan fingerprint density at radius 1 is 1.45 bits per heavy atom. The molecular formula is C15H13ClN4OS. The van der Waals surface area contributed by atoms with E-state index >= 15 is 0 Å². The maximum atomic E-state index is 12.4. The molecule has 0 atom stereocenters. The quantitative estimate of drug-likeness (QED) is 0.688. The van der Waals surface area contributed by atoms with Crippen LogP contribution in [-0.4, -0.2) is 32.5 Å². The number of carbonyl (C=O) groups is 1. The number of thioether (sulfide) groups is 1. The molecule has 1 N–H and O–H groups in total. The summed E-state index contributed by atoms with van der Waals surface area (Å²) in [4.78, 5) is 26.2.